The van der Waals surface area contributed by atoms with Gasteiger partial charge in [0, 0.05) is 32.4 Å². The van der Waals surface area contributed by atoms with Crippen LogP contribution in [0.5, 0.6) is 11.5 Å². The summed E-state index contributed by atoms with van der Waals surface area (Å²) in [7, 11) is -0.264. The van der Waals surface area contributed by atoms with Crippen LogP contribution >= 0.6 is 11.8 Å². The fourth-order valence-electron chi connectivity index (χ4n) is 4.01. The van der Waals surface area contributed by atoms with Gasteiger partial charge >= 0.3 is 0 Å². The van der Waals surface area contributed by atoms with Gasteiger partial charge in [-0.25, -0.2) is 13.4 Å². The number of hydrogen-bond donors (Lipinski definition) is 0. The van der Waals surface area contributed by atoms with Crippen LogP contribution in [0.4, 0.5) is 0 Å². The minimum Gasteiger partial charge on any atom is -0.493 e. The summed E-state index contributed by atoms with van der Waals surface area (Å²) in [5.41, 5.74) is 2.22. The minimum atomic E-state index is -3.48. The number of pyridine rings is 1. The van der Waals surface area contributed by atoms with E-state index in [4.69, 9.17) is 9.47 Å². The number of sulfonamides is 1. The van der Waals surface area contributed by atoms with Crippen LogP contribution in [0.15, 0.2) is 40.4 Å². The molecule has 1 aromatic heterocycles. The Morgan fingerprint density at radius 2 is 1.75 bits per heavy atom. The second-order valence-electron chi connectivity index (χ2n) is 7.77. The zero-order valence-electron chi connectivity index (χ0n) is 18.2. The summed E-state index contributed by atoms with van der Waals surface area (Å²) in [5.74, 6) is 1.62. The van der Waals surface area contributed by atoms with E-state index in [1.165, 1.54) is 22.3 Å². The lowest BCUT2D eigenvalue weighted by atomic mass is 9.99. The Bertz CT molecular complexity index is 1080. The van der Waals surface area contributed by atoms with E-state index in [9.17, 15) is 13.2 Å². The lowest BCUT2D eigenvalue weighted by molar-refractivity contribution is -0.129. The first-order valence-corrected chi connectivity index (χ1v) is 13.0. The lowest BCUT2D eigenvalue weighted by Crippen LogP contribution is -2.37. The van der Waals surface area contributed by atoms with Crippen molar-refractivity contribution in [3.05, 3.63) is 41.6 Å². The summed E-state index contributed by atoms with van der Waals surface area (Å²) >= 11 is 1.31. The molecule has 0 saturated carbocycles. The van der Waals surface area contributed by atoms with E-state index in [1.807, 2.05) is 17.0 Å². The standard InChI is InChI=1S/C22H27N3O5S2/c1-29-19-11-16-7-10-24(14-17(16)12-20(19)30-2)22(26)15-31-21-6-5-18(13-23-21)32(27,28)25-8-3-4-9-25/h5-6,11-13H,3-4,7-10,14-15H2,1-2H3. The molecule has 0 aliphatic carbocycles. The van der Waals surface area contributed by atoms with Crippen molar-refractivity contribution in [2.75, 3.05) is 39.6 Å². The van der Waals surface area contributed by atoms with Crippen LogP contribution in [-0.4, -0.2) is 68.1 Å². The van der Waals surface area contributed by atoms with Crippen molar-refractivity contribution in [1.82, 2.24) is 14.2 Å². The third-order valence-electron chi connectivity index (χ3n) is 5.83. The van der Waals surface area contributed by atoms with Gasteiger partial charge < -0.3 is 14.4 Å². The monoisotopic (exact) mass is 477 g/mol. The molecule has 8 nitrogen and oxygen atoms in total. The second kappa shape index (κ2) is 9.68. The number of amides is 1. The van der Waals surface area contributed by atoms with Crippen molar-refractivity contribution in [2.24, 2.45) is 0 Å². The molecule has 32 heavy (non-hydrogen) atoms. The Labute approximate surface area is 193 Å². The van der Waals surface area contributed by atoms with E-state index in [2.05, 4.69) is 4.98 Å². The zero-order chi connectivity index (χ0) is 22.7. The first-order valence-electron chi connectivity index (χ1n) is 10.5. The highest BCUT2D eigenvalue weighted by Crippen LogP contribution is 2.33. The van der Waals surface area contributed by atoms with Gasteiger partial charge in [0.2, 0.25) is 15.9 Å². The van der Waals surface area contributed by atoms with Gasteiger partial charge in [-0.3, -0.25) is 4.79 Å². The van der Waals surface area contributed by atoms with Crippen molar-refractivity contribution in [3.63, 3.8) is 0 Å². The lowest BCUT2D eigenvalue weighted by Gasteiger charge is -2.29. The van der Waals surface area contributed by atoms with Crippen LogP contribution in [0.25, 0.3) is 0 Å². The number of hydrogen-bond acceptors (Lipinski definition) is 7. The quantitative estimate of drug-likeness (QED) is 0.566. The molecule has 1 amide bonds. The summed E-state index contributed by atoms with van der Waals surface area (Å²) in [6, 6.07) is 7.15. The van der Waals surface area contributed by atoms with Gasteiger partial charge in [0.1, 0.15) is 4.90 Å². The number of fused-ring (bicyclic) bond motifs is 1. The van der Waals surface area contributed by atoms with Crippen LogP contribution in [0, 0.1) is 0 Å². The first kappa shape index (κ1) is 22.9. The van der Waals surface area contributed by atoms with Gasteiger partial charge in [0.05, 0.1) is 25.0 Å². The third-order valence-corrected chi connectivity index (χ3v) is 8.64. The molecule has 10 heteroatoms. The van der Waals surface area contributed by atoms with Crippen molar-refractivity contribution < 1.29 is 22.7 Å². The first-order chi connectivity index (χ1) is 15.4. The number of carbonyl (C=O) groups excluding carboxylic acids is 1. The zero-order valence-corrected chi connectivity index (χ0v) is 19.9. The average molecular weight is 478 g/mol. The molecule has 0 atom stereocenters. The molecule has 1 saturated heterocycles. The molecule has 0 spiro atoms. The van der Waals surface area contributed by atoms with Gasteiger partial charge in [0.25, 0.3) is 0 Å². The van der Waals surface area contributed by atoms with Crippen molar-refractivity contribution in [3.8, 4) is 11.5 Å². The maximum Gasteiger partial charge on any atom is 0.244 e. The number of ether oxygens (including phenoxy) is 2. The van der Waals surface area contributed by atoms with Gasteiger partial charge in [-0.15, -0.1) is 0 Å². The van der Waals surface area contributed by atoms with E-state index in [0.717, 1.165) is 30.4 Å². The molecule has 1 fully saturated rings. The molecule has 0 bridgehead atoms. The van der Waals surface area contributed by atoms with Gasteiger partial charge in [-0.1, -0.05) is 11.8 Å². The fraction of sp³-hybridized carbons (Fsp3) is 0.455. The van der Waals surface area contributed by atoms with Crippen LogP contribution in [0.2, 0.25) is 0 Å². The molecule has 172 valence electrons. The molecule has 0 N–H and O–H groups in total. The molecule has 0 radical (unpaired) electrons. The average Bonchev–Trinajstić information content (AvgIpc) is 3.37. The number of benzene rings is 1. The summed E-state index contributed by atoms with van der Waals surface area (Å²) in [6.45, 7) is 2.29. The Morgan fingerprint density at radius 1 is 1.06 bits per heavy atom. The second-order valence-corrected chi connectivity index (χ2v) is 10.7. The molecular formula is C22H27N3O5S2. The highest BCUT2D eigenvalue weighted by Gasteiger charge is 2.27. The Kier molecular flexibility index (Phi) is 6.92. The predicted octanol–water partition coefficient (Wildman–Crippen LogP) is 2.56. The molecule has 0 unspecified atom stereocenters. The Morgan fingerprint density at radius 3 is 2.38 bits per heavy atom. The Hall–Kier alpha value is -2.30. The summed E-state index contributed by atoms with van der Waals surface area (Å²) < 4.78 is 37.5. The van der Waals surface area contributed by atoms with E-state index in [1.54, 1.807) is 26.4 Å². The molecule has 4 rings (SSSR count). The van der Waals surface area contributed by atoms with Crippen LogP contribution in [-0.2, 0) is 27.8 Å². The van der Waals surface area contributed by atoms with Crippen LogP contribution < -0.4 is 9.47 Å². The number of nitrogens with zero attached hydrogens (tertiary/aromatic N) is 3. The largest absolute Gasteiger partial charge is 0.493 e. The van der Waals surface area contributed by atoms with E-state index in [-0.39, 0.29) is 16.6 Å². The normalized spacial score (nSPS) is 16.6. The summed E-state index contributed by atoms with van der Waals surface area (Å²) in [5, 5.41) is 0.627. The fourth-order valence-corrected chi connectivity index (χ4v) is 6.21. The van der Waals surface area contributed by atoms with E-state index in [0.29, 0.717) is 42.7 Å². The van der Waals surface area contributed by atoms with Gasteiger partial charge in [-0.2, -0.15) is 4.31 Å². The summed E-state index contributed by atoms with van der Waals surface area (Å²) in [6.07, 6.45) is 3.93. The van der Waals surface area contributed by atoms with Crippen molar-refractivity contribution in [2.45, 2.75) is 35.7 Å². The number of carbonyl (C=O) groups is 1. The SMILES string of the molecule is COc1cc2c(cc1OC)CN(C(=O)CSc1ccc(S(=O)(=O)N3CCCC3)cn1)CC2. The smallest absolute Gasteiger partial charge is 0.244 e. The van der Waals surface area contributed by atoms with Crippen LogP contribution in [0.3, 0.4) is 0 Å². The van der Waals surface area contributed by atoms with E-state index < -0.39 is 10.0 Å². The highest BCUT2D eigenvalue weighted by atomic mass is 32.2. The van der Waals surface area contributed by atoms with Crippen molar-refractivity contribution in [1.29, 1.82) is 0 Å². The number of aromatic nitrogens is 1. The molecular weight excluding hydrogens is 450 g/mol. The molecule has 1 aromatic carbocycles. The third kappa shape index (κ3) is 4.72. The molecule has 2 aromatic rings. The molecule has 3 heterocycles. The maximum atomic E-state index is 12.8. The summed E-state index contributed by atoms with van der Waals surface area (Å²) in [4.78, 5) is 19.1. The van der Waals surface area contributed by atoms with Crippen LogP contribution in [0.1, 0.15) is 24.0 Å². The minimum absolute atomic E-state index is 0.0194. The predicted molar refractivity (Wildman–Crippen MR) is 122 cm³/mol. The van der Waals surface area contributed by atoms with Crippen molar-refractivity contribution >= 4 is 27.7 Å². The number of methoxy groups -OCH3 is 2. The van der Waals surface area contributed by atoms with Gasteiger partial charge in [-0.05, 0) is 54.7 Å². The number of thioether (sulfide) groups is 1. The Balaban J connectivity index is 1.36. The molecule has 2 aliphatic heterocycles. The molecule has 2 aliphatic rings. The number of rotatable bonds is 7. The van der Waals surface area contributed by atoms with E-state index >= 15 is 0 Å². The topological polar surface area (TPSA) is 89.0 Å². The highest BCUT2D eigenvalue weighted by molar-refractivity contribution is 7.99. The van der Waals surface area contributed by atoms with Gasteiger partial charge in [0.15, 0.2) is 11.5 Å². The maximum absolute atomic E-state index is 12.8.